The highest BCUT2D eigenvalue weighted by atomic mass is 16.6. The molecule has 2 heterocycles. The van der Waals surface area contributed by atoms with Gasteiger partial charge in [0, 0.05) is 28.2 Å². The molecule has 4 aromatic rings. The van der Waals surface area contributed by atoms with Gasteiger partial charge in [-0.3, -0.25) is 4.79 Å². The van der Waals surface area contributed by atoms with Crippen LogP contribution in [0.15, 0.2) is 62.9 Å². The maximum Gasteiger partial charge on any atom is 0.238 e. The molecule has 0 radical (unpaired) electrons. The van der Waals surface area contributed by atoms with E-state index in [0.29, 0.717) is 11.3 Å². The fourth-order valence-electron chi connectivity index (χ4n) is 4.15. The number of azide groups is 1. The zero-order chi connectivity index (χ0) is 26.3. The van der Waals surface area contributed by atoms with Gasteiger partial charge in [0.25, 0.3) is 0 Å². The zero-order valence-corrected chi connectivity index (χ0v) is 19.2. The number of methoxy groups -OCH3 is 1. The second kappa shape index (κ2) is 9.10. The molecule has 2 unspecified atom stereocenters. The highest BCUT2D eigenvalue weighted by molar-refractivity contribution is 5.88. The predicted octanol–water partition coefficient (Wildman–Crippen LogP) is 4.48. The summed E-state index contributed by atoms with van der Waals surface area (Å²) in [6.45, 7) is -0.0567. The van der Waals surface area contributed by atoms with Crippen molar-refractivity contribution in [3.05, 3.63) is 74.8 Å². The van der Waals surface area contributed by atoms with E-state index in [9.17, 15) is 25.2 Å². The maximum atomic E-state index is 12.7. The number of rotatable bonds is 5. The van der Waals surface area contributed by atoms with E-state index in [1.165, 1.54) is 31.4 Å². The van der Waals surface area contributed by atoms with Crippen LogP contribution in [0, 0.1) is 0 Å². The summed E-state index contributed by atoms with van der Waals surface area (Å²) in [5.41, 5.74) is 8.60. The summed E-state index contributed by atoms with van der Waals surface area (Å²) < 4.78 is 23.1. The smallest absolute Gasteiger partial charge is 0.238 e. The minimum Gasteiger partial charge on any atom is -0.508 e. The molecule has 1 aliphatic rings. The van der Waals surface area contributed by atoms with Crippen LogP contribution in [0.1, 0.15) is 11.7 Å². The van der Waals surface area contributed by atoms with Crippen LogP contribution in [0.25, 0.3) is 32.7 Å². The molecule has 5 rings (SSSR count). The van der Waals surface area contributed by atoms with Gasteiger partial charge < -0.3 is 39.1 Å². The number of benzene rings is 3. The summed E-state index contributed by atoms with van der Waals surface area (Å²) in [5.74, 6) is -1.15. The molecule has 3 aromatic carbocycles. The average molecular weight is 505 g/mol. The van der Waals surface area contributed by atoms with Crippen molar-refractivity contribution in [2.24, 2.45) is 5.11 Å². The molecule has 4 N–H and O–H groups in total. The lowest BCUT2D eigenvalue weighted by atomic mass is 10.0. The Labute approximate surface area is 207 Å². The van der Waals surface area contributed by atoms with E-state index in [1.807, 2.05) is 0 Å². The van der Waals surface area contributed by atoms with Crippen molar-refractivity contribution in [1.82, 2.24) is 0 Å². The number of hydrogen-bond donors (Lipinski definition) is 4. The molecule has 37 heavy (non-hydrogen) atoms. The Morgan fingerprint density at radius 3 is 2.57 bits per heavy atom. The number of aromatic hydroxyl groups is 4. The van der Waals surface area contributed by atoms with Crippen molar-refractivity contribution in [1.29, 1.82) is 0 Å². The first kappa shape index (κ1) is 23.5. The summed E-state index contributed by atoms with van der Waals surface area (Å²) in [6.07, 6.45) is -1.50. The monoisotopic (exact) mass is 505 g/mol. The first-order valence-electron chi connectivity index (χ1n) is 10.9. The molecule has 0 amide bonds. The van der Waals surface area contributed by atoms with Gasteiger partial charge in [-0.25, -0.2) is 0 Å². The standard InChI is InChI=1S/C25H19N3O9/c1-34-17-6-11(2-4-14(17)30)24-20(10-27-28-26)35-16-5-3-12(7-18(16)36-24)25-23(33)22(32)21-15(31)8-13(29)9-19(21)37-25/h2-9,20,24,29-31,33H,10H2,1H3. The van der Waals surface area contributed by atoms with Crippen LogP contribution in [0.5, 0.6) is 40.2 Å². The van der Waals surface area contributed by atoms with Gasteiger partial charge in [0.15, 0.2) is 34.9 Å². The Kier molecular flexibility index (Phi) is 5.78. The highest BCUT2D eigenvalue weighted by Gasteiger charge is 2.34. The van der Waals surface area contributed by atoms with Crippen LogP contribution in [0.4, 0.5) is 0 Å². The van der Waals surface area contributed by atoms with Crippen LogP contribution in [0.2, 0.25) is 0 Å². The molecule has 0 spiro atoms. The van der Waals surface area contributed by atoms with Gasteiger partial charge in [-0.2, -0.15) is 0 Å². The van der Waals surface area contributed by atoms with Crippen molar-refractivity contribution in [3.63, 3.8) is 0 Å². The van der Waals surface area contributed by atoms with E-state index in [2.05, 4.69) is 10.0 Å². The van der Waals surface area contributed by atoms with Gasteiger partial charge in [-0.1, -0.05) is 11.2 Å². The van der Waals surface area contributed by atoms with E-state index in [4.69, 9.17) is 24.2 Å². The Morgan fingerprint density at radius 1 is 1.00 bits per heavy atom. The van der Waals surface area contributed by atoms with E-state index < -0.39 is 29.1 Å². The normalized spacial score (nSPS) is 16.2. The molecule has 188 valence electrons. The van der Waals surface area contributed by atoms with E-state index in [-0.39, 0.29) is 51.8 Å². The van der Waals surface area contributed by atoms with Crippen molar-refractivity contribution >= 4 is 11.0 Å². The van der Waals surface area contributed by atoms with Crippen LogP contribution >= 0.6 is 0 Å². The third-order valence-corrected chi connectivity index (χ3v) is 5.87. The van der Waals surface area contributed by atoms with Crippen molar-refractivity contribution in [2.45, 2.75) is 12.2 Å². The first-order valence-corrected chi connectivity index (χ1v) is 10.9. The van der Waals surface area contributed by atoms with Crippen molar-refractivity contribution in [2.75, 3.05) is 13.7 Å². The number of phenolic OH excluding ortho intramolecular Hbond substituents is 3. The first-order chi connectivity index (χ1) is 17.8. The quantitative estimate of drug-likeness (QED) is 0.172. The molecule has 2 atom stereocenters. The summed E-state index contributed by atoms with van der Waals surface area (Å²) in [4.78, 5) is 15.5. The van der Waals surface area contributed by atoms with Crippen molar-refractivity contribution in [3.8, 4) is 51.6 Å². The molecular formula is C25H19N3O9. The second-order valence-electron chi connectivity index (χ2n) is 8.15. The second-order valence-corrected chi connectivity index (χ2v) is 8.15. The molecule has 0 saturated carbocycles. The minimum atomic E-state index is -0.882. The van der Waals surface area contributed by atoms with Gasteiger partial charge >= 0.3 is 0 Å². The lowest BCUT2D eigenvalue weighted by molar-refractivity contribution is 0.0249. The number of fused-ring (bicyclic) bond motifs is 2. The molecule has 12 nitrogen and oxygen atoms in total. The minimum absolute atomic E-state index is 0.0567. The molecular weight excluding hydrogens is 486 g/mol. The van der Waals surface area contributed by atoms with Crippen LogP contribution < -0.4 is 19.6 Å². The Balaban J connectivity index is 1.60. The lowest BCUT2D eigenvalue weighted by Crippen LogP contribution is -2.35. The fourth-order valence-corrected chi connectivity index (χ4v) is 4.15. The fraction of sp³-hybridized carbons (Fsp3) is 0.160. The Bertz CT molecular complexity index is 1640. The number of hydrogen-bond acceptors (Lipinski definition) is 10. The Morgan fingerprint density at radius 2 is 1.81 bits per heavy atom. The molecule has 12 heteroatoms. The third kappa shape index (κ3) is 4.11. The van der Waals surface area contributed by atoms with Gasteiger partial charge in [0.2, 0.25) is 11.2 Å². The summed E-state index contributed by atoms with van der Waals surface area (Å²) in [7, 11) is 1.40. The summed E-state index contributed by atoms with van der Waals surface area (Å²) in [5, 5.41) is 43.7. The SMILES string of the molecule is COc1cc(C2Oc3cc(-c4oc5cc(O)cc(O)c5c(=O)c4O)ccc3OC2CN=[N+]=[N-])ccc1O. The zero-order valence-electron chi connectivity index (χ0n) is 19.2. The maximum absolute atomic E-state index is 12.7. The molecule has 1 aliphatic heterocycles. The number of nitrogens with zero attached hydrogens (tertiary/aromatic N) is 3. The van der Waals surface area contributed by atoms with Crippen LogP contribution in [-0.4, -0.2) is 40.2 Å². The van der Waals surface area contributed by atoms with Crippen LogP contribution in [-0.2, 0) is 0 Å². The molecule has 1 aromatic heterocycles. The molecule has 0 fully saturated rings. The van der Waals surface area contributed by atoms with Gasteiger partial charge in [-0.15, -0.1) is 0 Å². The molecule has 0 aliphatic carbocycles. The van der Waals surface area contributed by atoms with Gasteiger partial charge in [-0.05, 0) is 35.9 Å². The van der Waals surface area contributed by atoms with Crippen molar-refractivity contribution < 1.29 is 39.1 Å². The largest absolute Gasteiger partial charge is 0.508 e. The number of phenols is 3. The topological polar surface area (TPSA) is 188 Å². The molecule has 0 bridgehead atoms. The van der Waals surface area contributed by atoms with Gasteiger partial charge in [0.1, 0.15) is 28.6 Å². The van der Waals surface area contributed by atoms with Gasteiger partial charge in [0.05, 0.1) is 13.7 Å². The third-order valence-electron chi connectivity index (χ3n) is 5.87. The lowest BCUT2D eigenvalue weighted by Gasteiger charge is -2.34. The average Bonchev–Trinajstić information content (AvgIpc) is 2.88. The summed E-state index contributed by atoms with van der Waals surface area (Å²) >= 11 is 0. The summed E-state index contributed by atoms with van der Waals surface area (Å²) in [6, 6.07) is 11.2. The van der Waals surface area contributed by atoms with Crippen LogP contribution in [0.3, 0.4) is 0 Å². The van der Waals surface area contributed by atoms with E-state index in [0.717, 1.165) is 12.1 Å². The Hall–Kier alpha value is -5.22. The highest BCUT2D eigenvalue weighted by Crippen LogP contribution is 2.44. The van der Waals surface area contributed by atoms with E-state index >= 15 is 0 Å². The van der Waals surface area contributed by atoms with E-state index in [1.54, 1.807) is 12.1 Å². The number of ether oxygens (including phenoxy) is 3. The predicted molar refractivity (Wildman–Crippen MR) is 129 cm³/mol. The molecule has 0 saturated heterocycles.